The van der Waals surface area contributed by atoms with Crippen molar-refractivity contribution < 1.29 is 17.5 Å². The first-order valence-corrected chi connectivity index (χ1v) is 6.47. The second-order valence-electron chi connectivity index (χ2n) is 3.70. The first kappa shape index (κ1) is 12.9. The molecule has 0 saturated carbocycles. The van der Waals surface area contributed by atoms with Gasteiger partial charge in [0.15, 0.2) is 0 Å². The maximum atomic E-state index is 12.8. The van der Waals surface area contributed by atoms with Crippen LogP contribution in [0, 0.1) is 11.7 Å². The van der Waals surface area contributed by atoms with Gasteiger partial charge in [0.05, 0.1) is 12.4 Å². The molecular formula is C10H14FNO3S. The SMILES string of the molecule is CC(COc1cccc(F)c1)CS(N)(=O)=O. The molecule has 2 N–H and O–H groups in total. The van der Waals surface area contributed by atoms with Crippen LogP contribution < -0.4 is 9.88 Å². The maximum absolute atomic E-state index is 12.8. The Morgan fingerprint density at radius 2 is 2.19 bits per heavy atom. The Hall–Kier alpha value is -1.14. The van der Waals surface area contributed by atoms with E-state index in [4.69, 9.17) is 9.88 Å². The third-order valence-electron chi connectivity index (χ3n) is 1.85. The number of halogens is 1. The molecule has 90 valence electrons. The lowest BCUT2D eigenvalue weighted by atomic mass is 10.2. The predicted octanol–water partition coefficient (Wildman–Crippen LogP) is 1.13. The third-order valence-corrected chi connectivity index (χ3v) is 2.88. The topological polar surface area (TPSA) is 69.4 Å². The number of nitrogens with two attached hydrogens (primary N) is 1. The minimum atomic E-state index is -3.49. The minimum Gasteiger partial charge on any atom is -0.493 e. The van der Waals surface area contributed by atoms with Gasteiger partial charge in [0.1, 0.15) is 11.6 Å². The fourth-order valence-electron chi connectivity index (χ4n) is 1.24. The Morgan fingerprint density at radius 1 is 1.50 bits per heavy atom. The van der Waals surface area contributed by atoms with Crippen LogP contribution in [0.15, 0.2) is 24.3 Å². The van der Waals surface area contributed by atoms with Gasteiger partial charge in [-0.2, -0.15) is 0 Å². The summed E-state index contributed by atoms with van der Waals surface area (Å²) in [6.07, 6.45) is 0. The molecule has 0 saturated heterocycles. The molecule has 0 bridgehead atoms. The fraction of sp³-hybridized carbons (Fsp3) is 0.400. The van der Waals surface area contributed by atoms with Gasteiger partial charge in [-0.25, -0.2) is 17.9 Å². The Kier molecular flexibility index (Phi) is 4.26. The third kappa shape index (κ3) is 5.09. The quantitative estimate of drug-likeness (QED) is 0.848. The summed E-state index contributed by atoms with van der Waals surface area (Å²) < 4.78 is 39.5. The average molecular weight is 247 g/mol. The van der Waals surface area contributed by atoms with Crippen LogP contribution in [0.4, 0.5) is 4.39 Å². The van der Waals surface area contributed by atoms with Gasteiger partial charge in [0.25, 0.3) is 0 Å². The molecule has 0 radical (unpaired) electrons. The van der Waals surface area contributed by atoms with Crippen LogP contribution in [0.5, 0.6) is 5.75 Å². The number of sulfonamides is 1. The van der Waals surface area contributed by atoms with Crippen LogP contribution in [0.2, 0.25) is 0 Å². The molecule has 0 heterocycles. The van der Waals surface area contributed by atoms with Gasteiger partial charge in [0, 0.05) is 12.0 Å². The van der Waals surface area contributed by atoms with E-state index in [-0.39, 0.29) is 18.3 Å². The highest BCUT2D eigenvalue weighted by molar-refractivity contribution is 7.89. The van der Waals surface area contributed by atoms with E-state index in [1.807, 2.05) is 0 Å². The first-order chi connectivity index (χ1) is 7.37. The summed E-state index contributed by atoms with van der Waals surface area (Å²) >= 11 is 0. The van der Waals surface area contributed by atoms with Crippen LogP contribution in [-0.4, -0.2) is 20.8 Å². The van der Waals surface area contributed by atoms with Gasteiger partial charge < -0.3 is 4.74 Å². The highest BCUT2D eigenvalue weighted by Gasteiger charge is 2.11. The van der Waals surface area contributed by atoms with E-state index in [1.165, 1.54) is 18.2 Å². The molecule has 1 unspecified atom stereocenters. The van der Waals surface area contributed by atoms with Crippen molar-refractivity contribution in [1.82, 2.24) is 0 Å². The Morgan fingerprint density at radius 3 is 2.75 bits per heavy atom. The number of rotatable bonds is 5. The Labute approximate surface area is 94.3 Å². The average Bonchev–Trinajstić information content (AvgIpc) is 2.12. The molecule has 0 aliphatic carbocycles. The molecule has 1 rings (SSSR count). The van der Waals surface area contributed by atoms with Crippen molar-refractivity contribution >= 4 is 10.0 Å². The highest BCUT2D eigenvalue weighted by atomic mass is 32.2. The normalized spacial score (nSPS) is 13.4. The lowest BCUT2D eigenvalue weighted by molar-refractivity contribution is 0.270. The molecule has 0 fully saturated rings. The van der Waals surface area contributed by atoms with Crippen molar-refractivity contribution in [1.29, 1.82) is 0 Å². The van der Waals surface area contributed by atoms with Gasteiger partial charge in [-0.15, -0.1) is 0 Å². The molecule has 4 nitrogen and oxygen atoms in total. The lowest BCUT2D eigenvalue weighted by Gasteiger charge is -2.11. The van der Waals surface area contributed by atoms with Gasteiger partial charge >= 0.3 is 0 Å². The minimum absolute atomic E-state index is 0.150. The van der Waals surface area contributed by atoms with E-state index in [1.54, 1.807) is 13.0 Å². The smallest absolute Gasteiger partial charge is 0.209 e. The predicted molar refractivity (Wildman–Crippen MR) is 59.0 cm³/mol. The summed E-state index contributed by atoms with van der Waals surface area (Å²) in [5.41, 5.74) is 0. The lowest BCUT2D eigenvalue weighted by Crippen LogP contribution is -2.25. The molecule has 0 aliphatic rings. The summed E-state index contributed by atoms with van der Waals surface area (Å²) in [7, 11) is -3.49. The van der Waals surface area contributed by atoms with Crippen molar-refractivity contribution in [2.45, 2.75) is 6.92 Å². The number of benzene rings is 1. The van der Waals surface area contributed by atoms with E-state index < -0.39 is 15.8 Å². The summed E-state index contributed by atoms with van der Waals surface area (Å²) in [5.74, 6) is -0.404. The van der Waals surface area contributed by atoms with Gasteiger partial charge in [-0.05, 0) is 12.1 Å². The van der Waals surface area contributed by atoms with E-state index in [2.05, 4.69) is 0 Å². The molecular weight excluding hydrogens is 233 g/mol. The van der Waals surface area contributed by atoms with E-state index in [9.17, 15) is 12.8 Å². The Balaban J connectivity index is 2.46. The largest absolute Gasteiger partial charge is 0.493 e. The molecule has 16 heavy (non-hydrogen) atoms. The van der Waals surface area contributed by atoms with Crippen molar-refractivity contribution in [2.75, 3.05) is 12.4 Å². The zero-order valence-corrected chi connectivity index (χ0v) is 9.71. The monoisotopic (exact) mass is 247 g/mol. The van der Waals surface area contributed by atoms with Crippen molar-refractivity contribution in [3.8, 4) is 5.75 Å². The van der Waals surface area contributed by atoms with Crippen LogP contribution in [0.25, 0.3) is 0 Å². The molecule has 1 atom stereocenters. The second-order valence-corrected chi connectivity index (χ2v) is 5.36. The maximum Gasteiger partial charge on any atom is 0.209 e. The van der Waals surface area contributed by atoms with Gasteiger partial charge in [-0.3, -0.25) is 0 Å². The van der Waals surface area contributed by atoms with Crippen LogP contribution in [-0.2, 0) is 10.0 Å². The number of hydrogen-bond donors (Lipinski definition) is 1. The fourth-order valence-corrected chi connectivity index (χ4v) is 2.13. The van der Waals surface area contributed by atoms with E-state index in [0.717, 1.165) is 0 Å². The van der Waals surface area contributed by atoms with Gasteiger partial charge in [0.2, 0.25) is 10.0 Å². The Bertz CT molecular complexity index is 447. The summed E-state index contributed by atoms with van der Waals surface area (Å²) in [4.78, 5) is 0. The number of ether oxygens (including phenoxy) is 1. The number of hydrogen-bond acceptors (Lipinski definition) is 3. The highest BCUT2D eigenvalue weighted by Crippen LogP contribution is 2.13. The molecule has 0 spiro atoms. The van der Waals surface area contributed by atoms with Crippen LogP contribution in [0.3, 0.4) is 0 Å². The van der Waals surface area contributed by atoms with Crippen molar-refractivity contribution in [3.63, 3.8) is 0 Å². The van der Waals surface area contributed by atoms with Crippen LogP contribution >= 0.6 is 0 Å². The molecule has 1 aromatic rings. The number of primary sulfonamides is 1. The summed E-state index contributed by atoms with van der Waals surface area (Å²) in [6, 6.07) is 5.67. The molecule has 6 heteroatoms. The standard InChI is InChI=1S/C10H14FNO3S/c1-8(7-16(12,13)14)6-15-10-4-2-3-9(11)5-10/h2-5,8H,6-7H2,1H3,(H2,12,13,14). The van der Waals surface area contributed by atoms with Gasteiger partial charge in [-0.1, -0.05) is 13.0 Å². The second kappa shape index (κ2) is 5.27. The van der Waals surface area contributed by atoms with Crippen molar-refractivity contribution in [2.24, 2.45) is 11.1 Å². The molecule has 0 aliphatic heterocycles. The zero-order chi connectivity index (χ0) is 12.2. The zero-order valence-electron chi connectivity index (χ0n) is 8.89. The summed E-state index contributed by atoms with van der Waals surface area (Å²) in [6.45, 7) is 1.88. The van der Waals surface area contributed by atoms with Crippen molar-refractivity contribution in [3.05, 3.63) is 30.1 Å². The van der Waals surface area contributed by atoms with E-state index >= 15 is 0 Å². The molecule has 1 aromatic carbocycles. The van der Waals surface area contributed by atoms with E-state index in [0.29, 0.717) is 5.75 Å². The molecule has 0 amide bonds. The molecule has 0 aromatic heterocycles. The van der Waals surface area contributed by atoms with Crippen LogP contribution in [0.1, 0.15) is 6.92 Å². The first-order valence-electron chi connectivity index (χ1n) is 4.75. The summed E-state index contributed by atoms with van der Waals surface area (Å²) in [5, 5.41) is 4.89.